The summed E-state index contributed by atoms with van der Waals surface area (Å²) < 4.78 is 5.52. The van der Waals surface area contributed by atoms with Gasteiger partial charge in [-0.3, -0.25) is 0 Å². The van der Waals surface area contributed by atoms with Crippen LogP contribution in [0.2, 0.25) is 0 Å². The minimum absolute atomic E-state index is 0.393. The van der Waals surface area contributed by atoms with E-state index in [4.69, 9.17) is 4.74 Å². The third kappa shape index (κ3) is 3.63. The van der Waals surface area contributed by atoms with E-state index in [1.807, 2.05) is 13.8 Å². The zero-order valence-corrected chi connectivity index (χ0v) is 10.6. The van der Waals surface area contributed by atoms with Crippen molar-refractivity contribution in [2.24, 2.45) is 0 Å². The van der Waals surface area contributed by atoms with Gasteiger partial charge in [-0.15, -0.1) is 5.10 Å². The largest absolute Gasteiger partial charge is 0.462 e. The van der Waals surface area contributed by atoms with Crippen molar-refractivity contribution in [3.8, 4) is 6.01 Å². The Hall–Kier alpha value is -1.23. The summed E-state index contributed by atoms with van der Waals surface area (Å²) >= 11 is 0. The van der Waals surface area contributed by atoms with Gasteiger partial charge in [-0.2, -0.15) is 4.98 Å². The standard InChI is InChI=1S/C12H20N4O/c1-9-10(2)15-16-12(14-9)17-8-6-11-5-3-4-7-13-11/h11,13H,3-8H2,1-2H3. The maximum Gasteiger partial charge on any atom is 0.335 e. The third-order valence-corrected chi connectivity index (χ3v) is 3.18. The first-order chi connectivity index (χ1) is 8.25. The molecule has 5 nitrogen and oxygen atoms in total. The fourth-order valence-corrected chi connectivity index (χ4v) is 1.96. The van der Waals surface area contributed by atoms with Crippen molar-refractivity contribution in [2.45, 2.75) is 45.6 Å². The maximum atomic E-state index is 5.52. The van der Waals surface area contributed by atoms with Gasteiger partial charge in [0, 0.05) is 6.04 Å². The Balaban J connectivity index is 1.75. The van der Waals surface area contributed by atoms with Crippen molar-refractivity contribution in [1.29, 1.82) is 0 Å². The van der Waals surface area contributed by atoms with E-state index in [0.717, 1.165) is 24.4 Å². The van der Waals surface area contributed by atoms with Gasteiger partial charge < -0.3 is 10.1 Å². The molecular weight excluding hydrogens is 216 g/mol. The number of aryl methyl sites for hydroxylation is 2. The number of nitrogens with zero attached hydrogens (tertiary/aromatic N) is 3. The Labute approximate surface area is 102 Å². The molecule has 0 saturated carbocycles. The summed E-state index contributed by atoms with van der Waals surface area (Å²) in [5.41, 5.74) is 1.73. The summed E-state index contributed by atoms with van der Waals surface area (Å²) in [4.78, 5) is 4.24. The van der Waals surface area contributed by atoms with Crippen LogP contribution in [-0.2, 0) is 0 Å². The Kier molecular flexibility index (Phi) is 4.25. The van der Waals surface area contributed by atoms with E-state index in [-0.39, 0.29) is 0 Å². The first kappa shape index (κ1) is 12.2. The molecule has 2 heterocycles. The average molecular weight is 236 g/mol. The van der Waals surface area contributed by atoms with Crippen LogP contribution in [0.15, 0.2) is 0 Å². The van der Waals surface area contributed by atoms with E-state index in [2.05, 4.69) is 20.5 Å². The molecule has 94 valence electrons. The van der Waals surface area contributed by atoms with Gasteiger partial charge in [-0.1, -0.05) is 11.5 Å². The van der Waals surface area contributed by atoms with Crippen LogP contribution in [0, 0.1) is 13.8 Å². The molecule has 0 radical (unpaired) electrons. The zero-order valence-electron chi connectivity index (χ0n) is 10.6. The number of piperidine rings is 1. The molecule has 0 aliphatic carbocycles. The summed E-state index contributed by atoms with van der Waals surface area (Å²) in [6.07, 6.45) is 4.87. The van der Waals surface area contributed by atoms with E-state index in [0.29, 0.717) is 18.7 Å². The topological polar surface area (TPSA) is 59.9 Å². The fourth-order valence-electron chi connectivity index (χ4n) is 1.96. The second-order valence-electron chi connectivity index (χ2n) is 4.55. The molecule has 1 aliphatic heterocycles. The maximum absolute atomic E-state index is 5.52. The molecule has 0 bridgehead atoms. The molecule has 1 aliphatic rings. The molecule has 1 aromatic heterocycles. The van der Waals surface area contributed by atoms with Crippen molar-refractivity contribution in [1.82, 2.24) is 20.5 Å². The minimum Gasteiger partial charge on any atom is -0.462 e. The highest BCUT2D eigenvalue weighted by Gasteiger charge is 2.12. The molecule has 1 unspecified atom stereocenters. The second-order valence-corrected chi connectivity index (χ2v) is 4.55. The normalized spacial score (nSPS) is 20.2. The van der Waals surface area contributed by atoms with Crippen molar-refractivity contribution in [3.05, 3.63) is 11.4 Å². The first-order valence-electron chi connectivity index (χ1n) is 6.30. The number of hydrogen-bond donors (Lipinski definition) is 1. The van der Waals surface area contributed by atoms with Crippen LogP contribution in [0.25, 0.3) is 0 Å². The molecule has 0 aromatic carbocycles. The molecule has 0 spiro atoms. The summed E-state index contributed by atoms with van der Waals surface area (Å²) in [6, 6.07) is 0.979. The molecule has 0 amide bonds. The number of rotatable bonds is 4. The lowest BCUT2D eigenvalue weighted by atomic mass is 10.0. The van der Waals surface area contributed by atoms with Crippen LogP contribution in [-0.4, -0.2) is 34.4 Å². The Morgan fingerprint density at radius 1 is 1.24 bits per heavy atom. The quantitative estimate of drug-likeness (QED) is 0.856. The lowest BCUT2D eigenvalue weighted by Crippen LogP contribution is -2.35. The predicted molar refractivity (Wildman–Crippen MR) is 65.1 cm³/mol. The van der Waals surface area contributed by atoms with Crippen LogP contribution >= 0.6 is 0 Å². The molecule has 1 fully saturated rings. The highest BCUT2D eigenvalue weighted by Crippen LogP contribution is 2.11. The van der Waals surface area contributed by atoms with Gasteiger partial charge in [0.05, 0.1) is 18.0 Å². The molecule has 1 atom stereocenters. The summed E-state index contributed by atoms with van der Waals surface area (Å²) in [5, 5.41) is 11.4. The second kappa shape index (κ2) is 5.91. The van der Waals surface area contributed by atoms with Gasteiger partial charge in [0.15, 0.2) is 0 Å². The monoisotopic (exact) mass is 236 g/mol. The smallest absolute Gasteiger partial charge is 0.335 e. The van der Waals surface area contributed by atoms with E-state index in [9.17, 15) is 0 Å². The van der Waals surface area contributed by atoms with E-state index >= 15 is 0 Å². The number of nitrogens with one attached hydrogen (secondary N) is 1. The van der Waals surface area contributed by atoms with Crippen molar-refractivity contribution in [2.75, 3.05) is 13.2 Å². The Morgan fingerprint density at radius 2 is 2.12 bits per heavy atom. The molecule has 1 saturated heterocycles. The lowest BCUT2D eigenvalue weighted by molar-refractivity contribution is 0.248. The molecule has 1 aromatic rings. The first-order valence-corrected chi connectivity index (χ1v) is 6.30. The van der Waals surface area contributed by atoms with Gasteiger partial charge in [0.2, 0.25) is 0 Å². The number of hydrogen-bond acceptors (Lipinski definition) is 5. The Bertz CT molecular complexity index is 364. The SMILES string of the molecule is Cc1nnc(OCCC2CCCCN2)nc1C. The van der Waals surface area contributed by atoms with E-state index in [1.54, 1.807) is 0 Å². The number of ether oxygens (including phenoxy) is 1. The average Bonchev–Trinajstić information content (AvgIpc) is 2.35. The van der Waals surface area contributed by atoms with Crippen molar-refractivity contribution < 1.29 is 4.74 Å². The van der Waals surface area contributed by atoms with Crippen LogP contribution in [0.4, 0.5) is 0 Å². The molecule has 2 rings (SSSR count). The lowest BCUT2D eigenvalue weighted by Gasteiger charge is -2.22. The van der Waals surface area contributed by atoms with Gasteiger partial charge >= 0.3 is 6.01 Å². The summed E-state index contributed by atoms with van der Waals surface area (Å²) in [7, 11) is 0. The predicted octanol–water partition coefficient (Wildman–Crippen LogP) is 1.40. The minimum atomic E-state index is 0.393. The van der Waals surface area contributed by atoms with Gasteiger partial charge in [0.25, 0.3) is 0 Å². The molecular formula is C12H20N4O. The zero-order chi connectivity index (χ0) is 12.1. The molecule has 17 heavy (non-hydrogen) atoms. The summed E-state index contributed by atoms with van der Waals surface area (Å²) in [5.74, 6) is 0. The highest BCUT2D eigenvalue weighted by atomic mass is 16.5. The number of aromatic nitrogens is 3. The third-order valence-electron chi connectivity index (χ3n) is 3.18. The van der Waals surface area contributed by atoms with Gasteiger partial charge in [0.1, 0.15) is 0 Å². The van der Waals surface area contributed by atoms with Crippen molar-refractivity contribution in [3.63, 3.8) is 0 Å². The highest BCUT2D eigenvalue weighted by molar-refractivity contribution is 5.07. The molecule has 5 heteroatoms. The van der Waals surface area contributed by atoms with Gasteiger partial charge in [-0.25, -0.2) is 0 Å². The fraction of sp³-hybridized carbons (Fsp3) is 0.750. The van der Waals surface area contributed by atoms with E-state index < -0.39 is 0 Å². The summed E-state index contributed by atoms with van der Waals surface area (Å²) in [6.45, 7) is 5.60. The van der Waals surface area contributed by atoms with E-state index in [1.165, 1.54) is 19.3 Å². The van der Waals surface area contributed by atoms with Crippen LogP contribution in [0.3, 0.4) is 0 Å². The van der Waals surface area contributed by atoms with Crippen LogP contribution in [0.5, 0.6) is 6.01 Å². The Morgan fingerprint density at radius 3 is 2.82 bits per heavy atom. The molecule has 1 N–H and O–H groups in total. The van der Waals surface area contributed by atoms with Crippen molar-refractivity contribution >= 4 is 0 Å². The van der Waals surface area contributed by atoms with Crippen LogP contribution in [0.1, 0.15) is 37.1 Å². The van der Waals surface area contributed by atoms with Crippen LogP contribution < -0.4 is 10.1 Å². The van der Waals surface area contributed by atoms with Gasteiger partial charge in [-0.05, 0) is 39.7 Å².